The molecule has 214 valence electrons. The molecule has 0 aliphatic heterocycles. The Kier molecular flexibility index (Phi) is 9.81. The first-order valence-corrected chi connectivity index (χ1v) is 15.1. The molecule has 0 fully saturated rings. The third-order valence-electron chi connectivity index (χ3n) is 8.30. The molecule has 0 amide bonds. The lowest BCUT2D eigenvalue weighted by Crippen LogP contribution is -2.21. The number of anilines is 1. The minimum atomic E-state index is 0.238. The van der Waals surface area contributed by atoms with Gasteiger partial charge in [-0.1, -0.05) is 111 Å². The van der Waals surface area contributed by atoms with Crippen LogP contribution in [0.3, 0.4) is 0 Å². The van der Waals surface area contributed by atoms with Crippen LogP contribution in [0.4, 0.5) is 10.2 Å². The SMILES string of the molecule is CCCC(c1ccc(-c2ccc(C(=C3C=CC(=NF)C=C3)c3ccc(N(CC)CC)cc3)c(C)c2)cc1)C(C)(C)C. The molecular weight excluding hydrogens is 503 g/mol. The first-order valence-electron chi connectivity index (χ1n) is 15.1. The van der Waals surface area contributed by atoms with Crippen molar-refractivity contribution in [1.29, 1.82) is 0 Å². The van der Waals surface area contributed by atoms with Crippen molar-refractivity contribution in [3.8, 4) is 11.1 Å². The molecule has 0 bridgehead atoms. The lowest BCUT2D eigenvalue weighted by atomic mass is 9.74. The summed E-state index contributed by atoms with van der Waals surface area (Å²) in [5.41, 5.74) is 11.3. The molecule has 41 heavy (non-hydrogen) atoms. The smallest absolute Gasteiger partial charge is 0.0960 e. The topological polar surface area (TPSA) is 15.6 Å². The predicted octanol–water partition coefficient (Wildman–Crippen LogP) is 10.7. The van der Waals surface area contributed by atoms with Crippen molar-refractivity contribution in [1.82, 2.24) is 0 Å². The van der Waals surface area contributed by atoms with Gasteiger partial charge < -0.3 is 4.90 Å². The van der Waals surface area contributed by atoms with Crippen molar-refractivity contribution in [3.05, 3.63) is 119 Å². The average Bonchev–Trinajstić information content (AvgIpc) is 2.98. The molecule has 4 rings (SSSR count). The molecule has 0 N–H and O–H groups in total. The Hall–Kier alpha value is -3.72. The fraction of sp³-hybridized carbons (Fsp3) is 0.342. The van der Waals surface area contributed by atoms with Gasteiger partial charge in [0, 0.05) is 18.8 Å². The van der Waals surface area contributed by atoms with Gasteiger partial charge in [0.25, 0.3) is 0 Å². The van der Waals surface area contributed by atoms with Gasteiger partial charge in [-0.15, -0.1) is 0 Å². The van der Waals surface area contributed by atoms with Gasteiger partial charge in [-0.05, 0) is 107 Å². The summed E-state index contributed by atoms with van der Waals surface area (Å²) >= 11 is 0. The minimum absolute atomic E-state index is 0.238. The normalized spacial score (nSPS) is 13.9. The van der Waals surface area contributed by atoms with Gasteiger partial charge in [0.2, 0.25) is 0 Å². The molecule has 3 heteroatoms. The zero-order valence-electron chi connectivity index (χ0n) is 25.8. The third-order valence-corrected chi connectivity index (χ3v) is 8.30. The van der Waals surface area contributed by atoms with Crippen molar-refractivity contribution in [2.75, 3.05) is 18.0 Å². The van der Waals surface area contributed by atoms with Crippen molar-refractivity contribution in [2.45, 2.75) is 67.2 Å². The number of nitrogens with zero attached hydrogens (tertiary/aromatic N) is 2. The van der Waals surface area contributed by atoms with Crippen molar-refractivity contribution in [2.24, 2.45) is 10.6 Å². The van der Waals surface area contributed by atoms with Crippen LogP contribution in [0.15, 0.2) is 102 Å². The lowest BCUT2D eigenvalue weighted by Gasteiger charge is -2.31. The first kappa shape index (κ1) is 30.2. The zero-order chi connectivity index (χ0) is 29.6. The molecule has 0 heterocycles. The fourth-order valence-corrected chi connectivity index (χ4v) is 6.01. The summed E-state index contributed by atoms with van der Waals surface area (Å²) in [6.07, 6.45) is 9.76. The Labute approximate surface area is 247 Å². The Morgan fingerprint density at radius 3 is 1.93 bits per heavy atom. The van der Waals surface area contributed by atoms with E-state index in [0.717, 1.165) is 29.8 Å². The number of hydrogen-bond acceptors (Lipinski definition) is 2. The van der Waals surface area contributed by atoms with Gasteiger partial charge in [0.15, 0.2) is 0 Å². The Morgan fingerprint density at radius 1 is 0.805 bits per heavy atom. The van der Waals surface area contributed by atoms with Crippen LogP contribution >= 0.6 is 0 Å². The molecule has 0 spiro atoms. The summed E-state index contributed by atoms with van der Waals surface area (Å²) in [5.74, 6) is 0.549. The summed E-state index contributed by atoms with van der Waals surface area (Å²) in [6.45, 7) is 17.8. The van der Waals surface area contributed by atoms with Crippen LogP contribution in [-0.4, -0.2) is 18.8 Å². The second kappa shape index (κ2) is 13.3. The highest BCUT2D eigenvalue weighted by Gasteiger charge is 2.25. The van der Waals surface area contributed by atoms with E-state index in [-0.39, 0.29) is 5.41 Å². The number of allylic oxidation sites excluding steroid dienone is 5. The first-order chi connectivity index (χ1) is 19.7. The highest BCUT2D eigenvalue weighted by Crippen LogP contribution is 2.40. The molecule has 2 nitrogen and oxygen atoms in total. The molecule has 0 saturated heterocycles. The van der Waals surface area contributed by atoms with Gasteiger partial charge in [-0.2, -0.15) is 0 Å². The van der Waals surface area contributed by atoms with Crippen LogP contribution < -0.4 is 4.90 Å². The van der Waals surface area contributed by atoms with E-state index in [4.69, 9.17) is 0 Å². The number of halogens is 1. The molecular formula is C38H45FN2. The molecule has 3 aromatic carbocycles. The van der Waals surface area contributed by atoms with Crippen molar-refractivity contribution in [3.63, 3.8) is 0 Å². The van der Waals surface area contributed by atoms with E-state index >= 15 is 0 Å². The van der Waals surface area contributed by atoms with E-state index in [0.29, 0.717) is 11.6 Å². The standard InChI is InChI=1S/C38H45FN2/c1-8-11-36(38(5,6)7)29-14-12-28(13-15-29)32-20-25-35(27(4)26-32)37(30-16-21-33(40-39)22-17-30)31-18-23-34(24-19-31)41(9-2)10-3/h12-26,36H,8-11H2,1-7H3. The highest BCUT2D eigenvalue weighted by molar-refractivity contribution is 6.06. The van der Waals surface area contributed by atoms with Gasteiger partial charge in [-0.25, -0.2) is 0 Å². The largest absolute Gasteiger partial charge is 0.372 e. The van der Waals surface area contributed by atoms with Crippen LogP contribution in [0, 0.1) is 12.3 Å². The molecule has 0 radical (unpaired) electrons. The monoisotopic (exact) mass is 548 g/mol. The Morgan fingerprint density at radius 2 is 1.41 bits per heavy atom. The van der Waals surface area contributed by atoms with Crippen LogP contribution in [0.1, 0.15) is 82.6 Å². The van der Waals surface area contributed by atoms with Crippen LogP contribution in [-0.2, 0) is 0 Å². The maximum atomic E-state index is 12.9. The predicted molar refractivity (Wildman–Crippen MR) is 177 cm³/mol. The maximum Gasteiger partial charge on any atom is 0.0960 e. The second-order valence-electron chi connectivity index (χ2n) is 12.1. The number of aryl methyl sites for hydroxylation is 1. The van der Waals surface area contributed by atoms with Crippen molar-refractivity contribution >= 4 is 17.0 Å². The van der Waals surface area contributed by atoms with E-state index < -0.39 is 0 Å². The molecule has 0 saturated carbocycles. The molecule has 3 aromatic rings. The summed E-state index contributed by atoms with van der Waals surface area (Å²) in [4.78, 5) is 2.35. The summed E-state index contributed by atoms with van der Waals surface area (Å²) < 4.78 is 12.9. The molecule has 1 aliphatic rings. The third kappa shape index (κ3) is 6.96. The van der Waals surface area contributed by atoms with Gasteiger partial charge in [-0.3, -0.25) is 0 Å². The Balaban J connectivity index is 1.73. The number of benzene rings is 3. The van der Waals surface area contributed by atoms with E-state index in [1.54, 1.807) is 12.2 Å². The molecule has 1 unspecified atom stereocenters. The molecule has 1 aliphatic carbocycles. The minimum Gasteiger partial charge on any atom is -0.372 e. The fourth-order valence-electron chi connectivity index (χ4n) is 6.01. The van der Waals surface area contributed by atoms with Crippen LogP contribution in [0.25, 0.3) is 16.7 Å². The molecule has 0 aromatic heterocycles. The van der Waals surface area contributed by atoms with E-state index in [1.165, 1.54) is 46.3 Å². The summed E-state index contributed by atoms with van der Waals surface area (Å²) in [6, 6.07) is 24.7. The second-order valence-corrected chi connectivity index (χ2v) is 12.1. The summed E-state index contributed by atoms with van der Waals surface area (Å²) in [7, 11) is 0. The average molecular weight is 549 g/mol. The van der Waals surface area contributed by atoms with Gasteiger partial charge >= 0.3 is 0 Å². The van der Waals surface area contributed by atoms with E-state index in [9.17, 15) is 4.48 Å². The quantitative estimate of drug-likeness (QED) is 0.260. The van der Waals surface area contributed by atoms with E-state index in [1.807, 2.05) is 12.2 Å². The summed E-state index contributed by atoms with van der Waals surface area (Å²) in [5, 5.41) is 2.85. The van der Waals surface area contributed by atoms with Gasteiger partial charge in [0.1, 0.15) is 0 Å². The molecule has 1 atom stereocenters. The van der Waals surface area contributed by atoms with Gasteiger partial charge in [0.05, 0.1) is 5.71 Å². The van der Waals surface area contributed by atoms with Crippen LogP contribution in [0.5, 0.6) is 0 Å². The highest BCUT2D eigenvalue weighted by atomic mass is 19.2. The van der Waals surface area contributed by atoms with Crippen molar-refractivity contribution < 1.29 is 4.48 Å². The zero-order valence-corrected chi connectivity index (χ0v) is 25.8. The number of hydrogen-bond donors (Lipinski definition) is 0. The maximum absolute atomic E-state index is 12.9. The number of rotatable bonds is 9. The Bertz CT molecular complexity index is 1430. The van der Waals surface area contributed by atoms with Crippen LogP contribution in [0.2, 0.25) is 0 Å². The lowest BCUT2D eigenvalue weighted by molar-refractivity contribution is 0.303. The van der Waals surface area contributed by atoms with E-state index in [2.05, 4.69) is 125 Å².